The van der Waals surface area contributed by atoms with Gasteiger partial charge in [-0.25, -0.2) is 9.48 Å². The first-order valence-corrected chi connectivity index (χ1v) is 10.7. The van der Waals surface area contributed by atoms with Gasteiger partial charge < -0.3 is 4.74 Å². The number of ketones is 1. The third-order valence-corrected chi connectivity index (χ3v) is 5.12. The molecule has 1 heterocycles. The van der Waals surface area contributed by atoms with Crippen LogP contribution in [0.5, 0.6) is 0 Å². The van der Waals surface area contributed by atoms with E-state index in [0.717, 1.165) is 24.1 Å². The van der Waals surface area contributed by atoms with E-state index in [-0.39, 0.29) is 23.6 Å². The van der Waals surface area contributed by atoms with Crippen molar-refractivity contribution >= 4 is 11.8 Å². The molecule has 0 N–H and O–H groups in total. The van der Waals surface area contributed by atoms with Crippen LogP contribution in [0, 0.1) is 0 Å². The number of carbonyl (C=O) groups is 2. The molecule has 0 bridgehead atoms. The number of hydrogen-bond donors (Lipinski definition) is 0. The number of aromatic nitrogens is 2. The van der Waals surface area contributed by atoms with Gasteiger partial charge in [-0.2, -0.15) is 5.10 Å². The molecule has 0 amide bonds. The Kier molecular flexibility index (Phi) is 6.56. The lowest BCUT2D eigenvalue weighted by Gasteiger charge is -2.10. The monoisotopic (exact) mass is 424 g/mol. The van der Waals surface area contributed by atoms with Gasteiger partial charge in [0.15, 0.2) is 11.5 Å². The molecule has 0 saturated heterocycles. The summed E-state index contributed by atoms with van der Waals surface area (Å²) in [6, 6.07) is 27.9. The molecule has 5 nitrogen and oxygen atoms in total. The zero-order valence-corrected chi connectivity index (χ0v) is 17.9. The summed E-state index contributed by atoms with van der Waals surface area (Å²) in [4.78, 5) is 26.7. The molecule has 0 aliphatic carbocycles. The number of nitrogens with zero attached hydrogens (tertiary/aromatic N) is 2. The predicted molar refractivity (Wildman–Crippen MR) is 124 cm³/mol. The van der Waals surface area contributed by atoms with Crippen molar-refractivity contribution in [1.82, 2.24) is 9.78 Å². The zero-order chi connectivity index (χ0) is 22.3. The summed E-state index contributed by atoms with van der Waals surface area (Å²) in [6.07, 6.45) is 1.65. The number of esters is 1. The van der Waals surface area contributed by atoms with Crippen LogP contribution in [-0.2, 0) is 4.74 Å². The second-order valence-electron chi connectivity index (χ2n) is 7.37. The third kappa shape index (κ3) is 4.37. The standard InChI is InChI=1S/C27H24N2O3/c1-2-3-19-32-27(31)24-23(26(30)21-15-9-5-10-16-21)25(20-13-7-4-8-14-20)29(28-24)22-17-11-6-12-18-22/h4-18H,2-3,19H2,1H3. The maximum absolute atomic E-state index is 13.7. The molecular formula is C27H24N2O3. The lowest BCUT2D eigenvalue weighted by molar-refractivity contribution is 0.0489. The first-order valence-electron chi connectivity index (χ1n) is 10.7. The summed E-state index contributed by atoms with van der Waals surface area (Å²) in [7, 11) is 0. The summed E-state index contributed by atoms with van der Waals surface area (Å²) in [5.74, 6) is -0.862. The first-order chi connectivity index (χ1) is 15.7. The molecule has 1 aromatic heterocycles. The van der Waals surface area contributed by atoms with Crippen LogP contribution in [0.1, 0.15) is 46.2 Å². The lowest BCUT2D eigenvalue weighted by atomic mass is 9.97. The number of ether oxygens (including phenoxy) is 1. The number of hydrogen-bond acceptors (Lipinski definition) is 4. The van der Waals surface area contributed by atoms with Crippen LogP contribution >= 0.6 is 0 Å². The van der Waals surface area contributed by atoms with Gasteiger partial charge in [-0.3, -0.25) is 4.79 Å². The highest BCUT2D eigenvalue weighted by molar-refractivity contribution is 6.17. The van der Waals surface area contributed by atoms with Crippen molar-refractivity contribution in [3.8, 4) is 16.9 Å². The van der Waals surface area contributed by atoms with Gasteiger partial charge in [-0.05, 0) is 18.6 Å². The fourth-order valence-electron chi connectivity index (χ4n) is 3.51. The van der Waals surface area contributed by atoms with E-state index in [1.54, 1.807) is 28.9 Å². The van der Waals surface area contributed by atoms with E-state index in [2.05, 4.69) is 5.10 Å². The molecule has 0 saturated carbocycles. The fourth-order valence-corrected chi connectivity index (χ4v) is 3.51. The van der Waals surface area contributed by atoms with Crippen molar-refractivity contribution < 1.29 is 14.3 Å². The Labute approximate surface area is 187 Å². The van der Waals surface area contributed by atoms with E-state index in [1.807, 2.05) is 73.7 Å². The van der Waals surface area contributed by atoms with Gasteiger partial charge in [0.2, 0.25) is 0 Å². The first kappa shape index (κ1) is 21.2. The van der Waals surface area contributed by atoms with E-state index in [1.165, 1.54) is 0 Å². The second kappa shape index (κ2) is 9.88. The van der Waals surface area contributed by atoms with Crippen LogP contribution in [0.3, 0.4) is 0 Å². The maximum atomic E-state index is 13.7. The van der Waals surface area contributed by atoms with Gasteiger partial charge in [-0.1, -0.05) is 92.2 Å². The Hall–Kier alpha value is -3.99. The minimum atomic E-state index is -0.593. The van der Waals surface area contributed by atoms with Gasteiger partial charge in [0, 0.05) is 11.1 Å². The molecule has 0 radical (unpaired) electrons. The smallest absolute Gasteiger partial charge is 0.359 e. The molecule has 0 aliphatic rings. The maximum Gasteiger partial charge on any atom is 0.359 e. The molecule has 0 unspecified atom stereocenters. The van der Waals surface area contributed by atoms with Crippen molar-refractivity contribution in [2.24, 2.45) is 0 Å². The Morgan fingerprint density at radius 3 is 2.06 bits per heavy atom. The number of benzene rings is 3. The van der Waals surface area contributed by atoms with Crippen molar-refractivity contribution in [3.05, 3.63) is 108 Å². The SMILES string of the molecule is CCCCOC(=O)c1nn(-c2ccccc2)c(-c2ccccc2)c1C(=O)c1ccccc1. The summed E-state index contributed by atoms with van der Waals surface area (Å²) in [6.45, 7) is 2.31. The van der Waals surface area contributed by atoms with Crippen LogP contribution in [0.15, 0.2) is 91.0 Å². The second-order valence-corrected chi connectivity index (χ2v) is 7.37. The third-order valence-electron chi connectivity index (χ3n) is 5.12. The van der Waals surface area contributed by atoms with Gasteiger partial charge >= 0.3 is 5.97 Å². The molecule has 4 aromatic rings. The number of rotatable bonds is 8. The average molecular weight is 425 g/mol. The van der Waals surface area contributed by atoms with Gasteiger partial charge in [0.1, 0.15) is 0 Å². The molecule has 0 fully saturated rings. The van der Waals surface area contributed by atoms with Gasteiger partial charge in [0.25, 0.3) is 0 Å². The van der Waals surface area contributed by atoms with Crippen LogP contribution in [-0.4, -0.2) is 28.1 Å². The number of para-hydroxylation sites is 1. The summed E-state index contributed by atoms with van der Waals surface area (Å²) < 4.78 is 7.12. The van der Waals surface area contributed by atoms with Crippen molar-refractivity contribution in [2.75, 3.05) is 6.61 Å². The lowest BCUT2D eigenvalue weighted by Crippen LogP contribution is -2.13. The largest absolute Gasteiger partial charge is 0.461 e. The Morgan fingerprint density at radius 2 is 1.44 bits per heavy atom. The minimum Gasteiger partial charge on any atom is -0.461 e. The summed E-state index contributed by atoms with van der Waals surface area (Å²) in [5, 5.41) is 4.60. The Balaban J connectivity index is 1.96. The minimum absolute atomic E-state index is 0.0256. The molecule has 3 aromatic carbocycles. The quantitative estimate of drug-likeness (QED) is 0.206. The van der Waals surface area contributed by atoms with Crippen LogP contribution in [0.2, 0.25) is 0 Å². The van der Waals surface area contributed by atoms with E-state index >= 15 is 0 Å². The van der Waals surface area contributed by atoms with E-state index in [0.29, 0.717) is 11.3 Å². The molecule has 32 heavy (non-hydrogen) atoms. The Morgan fingerprint density at radius 1 is 0.844 bits per heavy atom. The Bertz CT molecular complexity index is 1200. The highest BCUT2D eigenvalue weighted by Crippen LogP contribution is 2.31. The normalized spacial score (nSPS) is 10.7. The van der Waals surface area contributed by atoms with Crippen molar-refractivity contribution in [2.45, 2.75) is 19.8 Å². The predicted octanol–water partition coefficient (Wildman–Crippen LogP) is 5.73. The molecule has 0 aliphatic heterocycles. The highest BCUT2D eigenvalue weighted by Gasteiger charge is 2.30. The molecule has 0 spiro atoms. The summed E-state index contributed by atoms with van der Waals surface area (Å²) in [5.41, 5.74) is 2.86. The average Bonchev–Trinajstić information content (AvgIpc) is 3.26. The van der Waals surface area contributed by atoms with Crippen molar-refractivity contribution in [1.29, 1.82) is 0 Å². The zero-order valence-electron chi connectivity index (χ0n) is 17.9. The van der Waals surface area contributed by atoms with Crippen LogP contribution in [0.25, 0.3) is 16.9 Å². The summed E-state index contributed by atoms with van der Waals surface area (Å²) >= 11 is 0. The number of carbonyl (C=O) groups excluding carboxylic acids is 2. The molecule has 0 atom stereocenters. The van der Waals surface area contributed by atoms with Gasteiger partial charge in [0.05, 0.1) is 23.6 Å². The molecule has 160 valence electrons. The van der Waals surface area contributed by atoms with Crippen LogP contribution < -0.4 is 0 Å². The van der Waals surface area contributed by atoms with E-state index in [4.69, 9.17) is 4.74 Å². The molecule has 5 heteroatoms. The topological polar surface area (TPSA) is 61.2 Å². The van der Waals surface area contributed by atoms with E-state index < -0.39 is 5.97 Å². The van der Waals surface area contributed by atoms with Crippen molar-refractivity contribution in [3.63, 3.8) is 0 Å². The highest BCUT2D eigenvalue weighted by atomic mass is 16.5. The number of unbranched alkanes of at least 4 members (excludes halogenated alkanes) is 1. The molecular weight excluding hydrogens is 400 g/mol. The van der Waals surface area contributed by atoms with Gasteiger partial charge in [-0.15, -0.1) is 0 Å². The molecule has 4 rings (SSSR count). The van der Waals surface area contributed by atoms with E-state index in [9.17, 15) is 9.59 Å². The van der Waals surface area contributed by atoms with Crippen LogP contribution in [0.4, 0.5) is 0 Å². The fraction of sp³-hybridized carbons (Fsp3) is 0.148.